The maximum atomic E-state index is 13.2. The Balaban J connectivity index is 1.70. The Morgan fingerprint density at radius 1 is 1.22 bits per heavy atom. The fourth-order valence-corrected chi connectivity index (χ4v) is 3.86. The average molecular weight is 387 g/mol. The minimum atomic E-state index is -0.137. The number of likely N-dealkylation sites (tertiary alicyclic amines) is 1. The van der Waals surface area contributed by atoms with Crippen LogP contribution in [-0.4, -0.2) is 46.2 Å². The fourth-order valence-electron chi connectivity index (χ4n) is 3.57. The van der Waals surface area contributed by atoms with E-state index < -0.39 is 0 Å². The molecule has 0 radical (unpaired) electrons. The van der Waals surface area contributed by atoms with Crippen LogP contribution in [0.25, 0.3) is 5.65 Å². The highest BCUT2D eigenvalue weighted by Crippen LogP contribution is 2.38. The van der Waals surface area contributed by atoms with E-state index in [4.69, 9.17) is 21.1 Å². The van der Waals surface area contributed by atoms with Crippen molar-refractivity contribution in [3.8, 4) is 11.5 Å². The topological polar surface area (TPSA) is 69.0 Å². The molecule has 27 heavy (non-hydrogen) atoms. The number of methoxy groups -OCH3 is 2. The predicted molar refractivity (Wildman–Crippen MR) is 101 cm³/mol. The molecule has 1 atom stereocenters. The summed E-state index contributed by atoms with van der Waals surface area (Å²) in [4.78, 5) is 15.0. The lowest BCUT2D eigenvalue weighted by Gasteiger charge is -2.24. The molecule has 0 spiro atoms. The highest BCUT2D eigenvalue weighted by molar-refractivity contribution is 6.32. The number of pyridine rings is 1. The third-order valence-corrected chi connectivity index (χ3v) is 5.11. The number of amides is 1. The Bertz CT molecular complexity index is 1000. The molecule has 140 valence electrons. The Kier molecular flexibility index (Phi) is 4.61. The monoisotopic (exact) mass is 386 g/mol. The van der Waals surface area contributed by atoms with Crippen molar-refractivity contribution in [2.24, 2.45) is 0 Å². The van der Waals surface area contributed by atoms with Crippen molar-refractivity contribution >= 4 is 23.2 Å². The minimum absolute atomic E-state index is 0.118. The van der Waals surface area contributed by atoms with E-state index in [1.807, 2.05) is 33.7 Å². The van der Waals surface area contributed by atoms with Crippen LogP contribution in [0.1, 0.15) is 35.1 Å². The van der Waals surface area contributed by atoms with Crippen LogP contribution in [-0.2, 0) is 0 Å². The van der Waals surface area contributed by atoms with E-state index in [0.717, 1.165) is 24.3 Å². The molecule has 8 heteroatoms. The van der Waals surface area contributed by atoms with Gasteiger partial charge in [-0.2, -0.15) is 0 Å². The molecule has 1 aromatic carbocycles. The van der Waals surface area contributed by atoms with Gasteiger partial charge in [0.1, 0.15) is 0 Å². The second-order valence-electron chi connectivity index (χ2n) is 6.34. The molecule has 0 aliphatic carbocycles. The summed E-state index contributed by atoms with van der Waals surface area (Å²) in [5.41, 5.74) is 1.22. The second-order valence-corrected chi connectivity index (χ2v) is 6.74. The zero-order valence-corrected chi connectivity index (χ0v) is 15.8. The highest BCUT2D eigenvalue weighted by Gasteiger charge is 2.34. The minimum Gasteiger partial charge on any atom is -0.493 e. The van der Waals surface area contributed by atoms with Gasteiger partial charge in [-0.15, -0.1) is 10.2 Å². The smallest absolute Gasteiger partial charge is 0.254 e. The summed E-state index contributed by atoms with van der Waals surface area (Å²) in [5, 5.41) is 8.88. The summed E-state index contributed by atoms with van der Waals surface area (Å²) in [6.07, 6.45) is 3.65. The molecule has 0 saturated carbocycles. The Hall–Kier alpha value is -2.80. The van der Waals surface area contributed by atoms with E-state index in [2.05, 4.69) is 10.2 Å². The second kappa shape index (κ2) is 7.08. The third kappa shape index (κ3) is 2.98. The summed E-state index contributed by atoms with van der Waals surface area (Å²) in [5.74, 6) is 1.49. The first-order valence-electron chi connectivity index (χ1n) is 8.66. The summed E-state index contributed by atoms with van der Waals surface area (Å²) in [6.45, 7) is 0.650. The number of benzene rings is 1. The highest BCUT2D eigenvalue weighted by atomic mass is 35.5. The van der Waals surface area contributed by atoms with E-state index in [9.17, 15) is 4.79 Å². The first-order valence-corrected chi connectivity index (χ1v) is 9.04. The lowest BCUT2D eigenvalue weighted by atomic mass is 10.1. The van der Waals surface area contributed by atoms with Crippen molar-refractivity contribution in [2.75, 3.05) is 20.8 Å². The Morgan fingerprint density at radius 3 is 2.85 bits per heavy atom. The van der Waals surface area contributed by atoms with Crippen LogP contribution in [0, 0.1) is 0 Å². The number of carbonyl (C=O) groups excluding carboxylic acids is 1. The van der Waals surface area contributed by atoms with Gasteiger partial charge >= 0.3 is 0 Å². The number of aromatic nitrogens is 3. The number of hydrogen-bond acceptors (Lipinski definition) is 5. The van der Waals surface area contributed by atoms with Crippen molar-refractivity contribution < 1.29 is 14.3 Å². The molecular weight excluding hydrogens is 368 g/mol. The SMILES string of the molecule is COc1cc(C(=O)N2CCC[C@@H]2c2nnc3ccccn23)cc(Cl)c1OC. The Morgan fingerprint density at radius 2 is 2.07 bits per heavy atom. The normalized spacial score (nSPS) is 16.7. The molecule has 1 fully saturated rings. The van der Waals surface area contributed by atoms with Crippen LogP contribution in [0.15, 0.2) is 36.5 Å². The molecule has 1 amide bonds. The van der Waals surface area contributed by atoms with Crippen LogP contribution >= 0.6 is 11.6 Å². The van der Waals surface area contributed by atoms with Gasteiger partial charge in [0.2, 0.25) is 0 Å². The van der Waals surface area contributed by atoms with Crippen LogP contribution in [0.4, 0.5) is 0 Å². The van der Waals surface area contributed by atoms with Crippen LogP contribution in [0.3, 0.4) is 0 Å². The maximum absolute atomic E-state index is 13.2. The van der Waals surface area contributed by atoms with Gasteiger partial charge in [0.15, 0.2) is 23.0 Å². The Labute approximate surface area is 161 Å². The number of rotatable bonds is 4. The lowest BCUT2D eigenvalue weighted by molar-refractivity contribution is 0.0729. The third-order valence-electron chi connectivity index (χ3n) is 4.83. The van der Waals surface area contributed by atoms with Crippen molar-refractivity contribution in [3.63, 3.8) is 0 Å². The van der Waals surface area contributed by atoms with Gasteiger partial charge in [-0.3, -0.25) is 9.20 Å². The van der Waals surface area contributed by atoms with Crippen molar-refractivity contribution in [1.29, 1.82) is 0 Å². The van der Waals surface area contributed by atoms with Crippen molar-refractivity contribution in [3.05, 3.63) is 52.9 Å². The molecule has 1 aliphatic rings. The average Bonchev–Trinajstić information content (AvgIpc) is 3.33. The molecule has 2 aromatic heterocycles. The van der Waals surface area contributed by atoms with E-state index >= 15 is 0 Å². The van der Waals surface area contributed by atoms with Crippen LogP contribution in [0.2, 0.25) is 5.02 Å². The zero-order valence-electron chi connectivity index (χ0n) is 15.1. The molecule has 0 unspecified atom stereocenters. The summed E-state index contributed by atoms with van der Waals surface area (Å²) >= 11 is 6.28. The molecular formula is C19H19ClN4O3. The first-order chi connectivity index (χ1) is 13.1. The van der Waals surface area contributed by atoms with E-state index in [0.29, 0.717) is 28.6 Å². The number of carbonyl (C=O) groups is 1. The van der Waals surface area contributed by atoms with Crippen molar-refractivity contribution in [2.45, 2.75) is 18.9 Å². The summed E-state index contributed by atoms with van der Waals surface area (Å²) in [6, 6.07) is 8.87. The maximum Gasteiger partial charge on any atom is 0.254 e. The molecule has 7 nitrogen and oxygen atoms in total. The van der Waals surface area contributed by atoms with Gasteiger partial charge in [0, 0.05) is 18.3 Å². The molecule has 1 saturated heterocycles. The van der Waals surface area contributed by atoms with E-state index in [1.165, 1.54) is 14.2 Å². The lowest BCUT2D eigenvalue weighted by Crippen LogP contribution is -2.31. The zero-order chi connectivity index (χ0) is 19.0. The molecule has 0 N–H and O–H groups in total. The first kappa shape index (κ1) is 17.6. The molecule has 0 bridgehead atoms. The molecule has 3 heterocycles. The number of nitrogens with zero attached hydrogens (tertiary/aromatic N) is 4. The van der Waals surface area contributed by atoms with Crippen LogP contribution < -0.4 is 9.47 Å². The number of hydrogen-bond donors (Lipinski definition) is 0. The molecule has 1 aliphatic heterocycles. The molecule has 3 aromatic rings. The summed E-state index contributed by atoms with van der Waals surface area (Å²) < 4.78 is 12.5. The fraction of sp³-hybridized carbons (Fsp3) is 0.316. The van der Waals surface area contributed by atoms with Gasteiger partial charge in [-0.1, -0.05) is 17.7 Å². The van der Waals surface area contributed by atoms with Gasteiger partial charge in [0.25, 0.3) is 5.91 Å². The van der Waals surface area contributed by atoms with Gasteiger partial charge in [-0.25, -0.2) is 0 Å². The molecule has 4 rings (SSSR count). The van der Waals surface area contributed by atoms with E-state index in [1.54, 1.807) is 12.1 Å². The standard InChI is InChI=1S/C19H19ClN4O3/c1-26-15-11-12(10-13(20)17(15)27-2)19(25)23-9-5-6-14(23)18-22-21-16-7-3-4-8-24(16)18/h3-4,7-8,10-11,14H,5-6,9H2,1-2H3/t14-/m1/s1. The number of fused-ring (bicyclic) bond motifs is 1. The van der Waals surface area contributed by atoms with Gasteiger partial charge < -0.3 is 14.4 Å². The van der Waals surface area contributed by atoms with E-state index in [-0.39, 0.29) is 11.9 Å². The quantitative estimate of drug-likeness (QED) is 0.687. The van der Waals surface area contributed by atoms with Gasteiger partial charge in [-0.05, 0) is 37.1 Å². The van der Waals surface area contributed by atoms with Gasteiger partial charge in [0.05, 0.1) is 25.3 Å². The van der Waals surface area contributed by atoms with Crippen LogP contribution in [0.5, 0.6) is 11.5 Å². The largest absolute Gasteiger partial charge is 0.493 e. The predicted octanol–water partition coefficient (Wildman–Crippen LogP) is 3.38. The summed E-state index contributed by atoms with van der Waals surface area (Å²) in [7, 11) is 3.03. The van der Waals surface area contributed by atoms with Crippen molar-refractivity contribution in [1.82, 2.24) is 19.5 Å². The number of ether oxygens (including phenoxy) is 2. The number of halogens is 1.